The van der Waals surface area contributed by atoms with Crippen LogP contribution in [0.5, 0.6) is 0 Å². The molecule has 0 heterocycles. The van der Waals surface area contributed by atoms with Crippen molar-refractivity contribution in [3.63, 3.8) is 0 Å². The van der Waals surface area contributed by atoms with Crippen molar-refractivity contribution in [3.05, 3.63) is 22.5 Å². The summed E-state index contributed by atoms with van der Waals surface area (Å²) in [4.78, 5) is 51.6. The van der Waals surface area contributed by atoms with Crippen LogP contribution in [0, 0.1) is 22.7 Å². The Morgan fingerprint density at radius 1 is 1.15 bits per heavy atom. The van der Waals surface area contributed by atoms with E-state index in [1.807, 2.05) is 13.8 Å². The zero-order chi connectivity index (χ0) is 20.3. The third-order valence-corrected chi connectivity index (χ3v) is 6.68. The van der Waals surface area contributed by atoms with Crippen molar-refractivity contribution >= 4 is 23.3 Å². The predicted octanol–water partition coefficient (Wildman–Crippen LogP) is 2.86. The van der Waals surface area contributed by atoms with Gasteiger partial charge in [0.25, 0.3) is 0 Å². The van der Waals surface area contributed by atoms with Crippen LogP contribution in [0.3, 0.4) is 0 Å². The molecule has 3 aliphatic carbocycles. The molecule has 6 heteroatoms. The maximum Gasteiger partial charge on any atom is 0.310 e. The second-order valence-corrected chi connectivity index (χ2v) is 8.68. The van der Waals surface area contributed by atoms with Gasteiger partial charge in [-0.2, -0.15) is 0 Å². The highest BCUT2D eigenvalue weighted by Crippen LogP contribution is 2.60. The van der Waals surface area contributed by atoms with Crippen molar-refractivity contribution in [1.29, 1.82) is 0 Å². The summed E-state index contributed by atoms with van der Waals surface area (Å²) in [6, 6.07) is 0. The molecule has 0 aliphatic heterocycles. The van der Waals surface area contributed by atoms with E-state index in [0.29, 0.717) is 30.4 Å². The van der Waals surface area contributed by atoms with Crippen LogP contribution in [0.15, 0.2) is 22.5 Å². The molecule has 0 saturated heterocycles. The predicted molar refractivity (Wildman–Crippen MR) is 96.7 cm³/mol. The Hall–Kier alpha value is -2.24. The molecular weight excluding hydrogens is 348 g/mol. The molecule has 3 aliphatic rings. The van der Waals surface area contributed by atoms with Gasteiger partial charge in [-0.05, 0) is 25.7 Å². The minimum atomic E-state index is -1.25. The second kappa shape index (κ2) is 6.14. The summed E-state index contributed by atoms with van der Waals surface area (Å²) in [5.74, 6) is -2.99. The first kappa shape index (κ1) is 19.5. The number of allylic oxidation sites excluding steroid dienone is 3. The maximum atomic E-state index is 13.3. The molecule has 3 atom stereocenters. The SMILES string of the molecule is COC1=C(C(C)C)C(=O)C2=C(C1=O)[C@@]1(C)CCC[C@@](C)(C(=O)O)[C@H]1C(=O)C2. The highest BCUT2D eigenvalue weighted by Gasteiger charge is 2.62. The normalized spacial score (nSPS) is 34.0. The summed E-state index contributed by atoms with van der Waals surface area (Å²) in [5.41, 5.74) is -1.39. The average Bonchev–Trinajstić information content (AvgIpc) is 2.56. The van der Waals surface area contributed by atoms with E-state index < -0.39 is 22.7 Å². The van der Waals surface area contributed by atoms with Gasteiger partial charge in [0.1, 0.15) is 5.78 Å². The molecule has 27 heavy (non-hydrogen) atoms. The average molecular weight is 374 g/mol. The first-order valence-electron chi connectivity index (χ1n) is 9.38. The zero-order valence-corrected chi connectivity index (χ0v) is 16.5. The lowest BCUT2D eigenvalue weighted by Gasteiger charge is -2.53. The number of fused-ring (bicyclic) bond motifs is 2. The van der Waals surface area contributed by atoms with Crippen molar-refractivity contribution < 1.29 is 29.0 Å². The van der Waals surface area contributed by atoms with Gasteiger partial charge in [-0.1, -0.05) is 27.2 Å². The molecular formula is C21H26O6. The first-order chi connectivity index (χ1) is 12.5. The van der Waals surface area contributed by atoms with Crippen molar-refractivity contribution in [3.8, 4) is 0 Å². The fraction of sp³-hybridized carbons (Fsp3) is 0.619. The summed E-state index contributed by atoms with van der Waals surface area (Å²) < 4.78 is 5.32. The van der Waals surface area contributed by atoms with Crippen molar-refractivity contribution in [2.75, 3.05) is 7.11 Å². The molecule has 146 valence electrons. The second-order valence-electron chi connectivity index (χ2n) is 8.68. The number of ether oxygens (including phenoxy) is 1. The van der Waals surface area contributed by atoms with Gasteiger partial charge in [0.15, 0.2) is 11.5 Å². The Morgan fingerprint density at radius 2 is 1.78 bits per heavy atom. The Bertz CT molecular complexity index is 830. The number of ketones is 3. The number of carbonyl (C=O) groups is 4. The molecule has 0 aromatic carbocycles. The van der Waals surface area contributed by atoms with Gasteiger partial charge in [-0.15, -0.1) is 0 Å². The Labute approximate surface area is 158 Å². The number of carbonyl (C=O) groups excluding carboxylic acids is 3. The number of carboxylic acid groups (broad SMARTS) is 1. The van der Waals surface area contributed by atoms with Crippen LogP contribution in [0.4, 0.5) is 0 Å². The number of hydrogen-bond acceptors (Lipinski definition) is 5. The molecule has 0 aromatic rings. The quantitative estimate of drug-likeness (QED) is 0.763. The highest BCUT2D eigenvalue weighted by molar-refractivity contribution is 6.27. The van der Waals surface area contributed by atoms with E-state index in [2.05, 4.69) is 0 Å². The maximum absolute atomic E-state index is 13.3. The molecule has 1 saturated carbocycles. The standard InChI is InChI=1S/C21H26O6/c1-10(2)13-15(23)11-9-12(22)18-20(3,14(11)16(24)17(13)27-5)7-6-8-21(18,4)19(25)26/h10,18H,6-9H2,1-5H3,(H,25,26)/t18-,20+,21+/m0/s1. The third kappa shape index (κ3) is 2.45. The van der Waals surface area contributed by atoms with Gasteiger partial charge in [-0.3, -0.25) is 19.2 Å². The van der Waals surface area contributed by atoms with E-state index in [1.165, 1.54) is 7.11 Å². The largest absolute Gasteiger partial charge is 0.492 e. The van der Waals surface area contributed by atoms with Crippen LogP contribution in [-0.4, -0.2) is 35.5 Å². The molecule has 0 amide bonds. The smallest absolute Gasteiger partial charge is 0.310 e. The summed E-state index contributed by atoms with van der Waals surface area (Å²) in [6.45, 7) is 6.97. The van der Waals surface area contributed by atoms with Crippen molar-refractivity contribution in [1.82, 2.24) is 0 Å². The van der Waals surface area contributed by atoms with Gasteiger partial charge in [0, 0.05) is 34.5 Å². The number of methoxy groups -OCH3 is 1. The summed E-state index contributed by atoms with van der Waals surface area (Å²) >= 11 is 0. The van der Waals surface area contributed by atoms with Crippen LogP contribution in [0.1, 0.15) is 53.4 Å². The fourth-order valence-electron chi connectivity index (χ4n) is 5.55. The van der Waals surface area contributed by atoms with E-state index in [4.69, 9.17) is 4.74 Å². The van der Waals surface area contributed by atoms with E-state index >= 15 is 0 Å². The minimum Gasteiger partial charge on any atom is -0.492 e. The van der Waals surface area contributed by atoms with E-state index in [-0.39, 0.29) is 41.0 Å². The number of carboxylic acids is 1. The summed E-state index contributed by atoms with van der Waals surface area (Å²) in [6.07, 6.45) is 1.27. The molecule has 6 nitrogen and oxygen atoms in total. The lowest BCUT2D eigenvalue weighted by atomic mass is 9.48. The zero-order valence-electron chi connectivity index (χ0n) is 16.5. The molecule has 1 fully saturated rings. The number of aliphatic carboxylic acids is 1. The van der Waals surface area contributed by atoms with Crippen LogP contribution < -0.4 is 0 Å². The Balaban J connectivity index is 2.25. The van der Waals surface area contributed by atoms with Crippen LogP contribution >= 0.6 is 0 Å². The van der Waals surface area contributed by atoms with Crippen molar-refractivity contribution in [2.24, 2.45) is 22.7 Å². The number of rotatable bonds is 3. The Kier molecular flexibility index (Phi) is 4.44. The molecule has 0 aromatic heterocycles. The van der Waals surface area contributed by atoms with E-state index in [1.54, 1.807) is 13.8 Å². The first-order valence-corrected chi connectivity index (χ1v) is 9.38. The van der Waals surface area contributed by atoms with Gasteiger partial charge < -0.3 is 9.84 Å². The van der Waals surface area contributed by atoms with Gasteiger partial charge in [-0.25, -0.2) is 0 Å². The van der Waals surface area contributed by atoms with Crippen LogP contribution in [-0.2, 0) is 23.9 Å². The van der Waals surface area contributed by atoms with Crippen molar-refractivity contribution in [2.45, 2.75) is 53.4 Å². The third-order valence-electron chi connectivity index (χ3n) is 6.68. The Morgan fingerprint density at radius 3 is 2.30 bits per heavy atom. The topological polar surface area (TPSA) is 97.7 Å². The monoisotopic (exact) mass is 374 g/mol. The van der Waals surface area contributed by atoms with Crippen LogP contribution in [0.25, 0.3) is 0 Å². The molecule has 0 spiro atoms. The lowest BCUT2D eigenvalue weighted by Crippen LogP contribution is -2.56. The van der Waals surface area contributed by atoms with E-state index in [9.17, 15) is 24.3 Å². The van der Waals surface area contributed by atoms with Gasteiger partial charge in [0.05, 0.1) is 12.5 Å². The summed E-state index contributed by atoms with van der Waals surface area (Å²) in [7, 11) is 1.37. The van der Waals surface area contributed by atoms with Crippen LogP contribution in [0.2, 0.25) is 0 Å². The van der Waals surface area contributed by atoms with Gasteiger partial charge >= 0.3 is 5.97 Å². The molecule has 0 unspecified atom stereocenters. The molecule has 1 N–H and O–H groups in total. The molecule has 0 bridgehead atoms. The number of hydrogen-bond donors (Lipinski definition) is 1. The fourth-order valence-corrected chi connectivity index (χ4v) is 5.55. The van der Waals surface area contributed by atoms with Gasteiger partial charge in [0.2, 0.25) is 5.78 Å². The minimum absolute atomic E-state index is 0.0330. The lowest BCUT2D eigenvalue weighted by molar-refractivity contribution is -0.164. The molecule has 0 radical (unpaired) electrons. The number of Topliss-reactive ketones (excluding diaryl/α,β-unsaturated/α-hetero) is 3. The molecule has 3 rings (SSSR count). The highest BCUT2D eigenvalue weighted by atomic mass is 16.5. The van der Waals surface area contributed by atoms with E-state index in [0.717, 1.165) is 0 Å². The summed E-state index contributed by atoms with van der Waals surface area (Å²) in [5, 5.41) is 9.84.